The van der Waals surface area contributed by atoms with E-state index in [1.165, 1.54) is 64.2 Å². The first-order chi connectivity index (χ1) is 5.00. The minimum atomic E-state index is 0. The number of hydrogen-bond donors (Lipinski definition) is 0. The maximum Gasteiger partial charge on any atom is 2.00 e. The maximum atomic E-state index is 1.50. The molecule has 0 spiro atoms. The van der Waals surface area contributed by atoms with Gasteiger partial charge in [-0.05, 0) is 0 Å². The van der Waals surface area contributed by atoms with Gasteiger partial charge in [0, 0.05) is 0 Å². The van der Waals surface area contributed by atoms with E-state index < -0.39 is 0 Å². The smallest absolute Gasteiger partial charge is 0.0533 e. The Morgan fingerprint density at radius 1 is 0.273 bits per heavy atom. The van der Waals surface area contributed by atoms with Gasteiger partial charge in [-0.25, -0.2) is 0 Å². The van der Waals surface area contributed by atoms with Gasteiger partial charge in [-0.1, -0.05) is 64.2 Å². The molecule has 0 aliphatic heterocycles. The van der Waals surface area contributed by atoms with Crippen LogP contribution in [0.1, 0.15) is 64.2 Å². The second-order valence-electron chi connectivity index (χ2n) is 3.54. The Morgan fingerprint density at radius 2 is 0.364 bits per heavy atom. The van der Waals surface area contributed by atoms with Gasteiger partial charge in [-0.15, -0.1) is 0 Å². The molecule has 0 heterocycles. The molecule has 0 unspecified atom stereocenters. The molecule has 11 heavy (non-hydrogen) atoms. The standard InChI is InChI=1S/2C5H10.Co/c2*1-2-4-5-3-1;/h2*1-5H2;/q;;+2. The first-order valence-electron chi connectivity index (χ1n) is 5.00. The zero-order chi connectivity index (χ0) is 7.07. The van der Waals surface area contributed by atoms with E-state index in [0.717, 1.165) is 0 Å². The third-order valence-corrected chi connectivity index (χ3v) is 2.50. The van der Waals surface area contributed by atoms with E-state index in [2.05, 4.69) is 0 Å². The quantitative estimate of drug-likeness (QED) is 0.555. The zero-order valence-electron chi connectivity index (χ0n) is 7.40. The van der Waals surface area contributed by atoms with E-state index in [0.29, 0.717) is 0 Å². The van der Waals surface area contributed by atoms with Gasteiger partial charge in [0.25, 0.3) is 0 Å². The Morgan fingerprint density at radius 3 is 0.455 bits per heavy atom. The van der Waals surface area contributed by atoms with Gasteiger partial charge in [0.05, 0.1) is 0 Å². The van der Waals surface area contributed by atoms with Crippen molar-refractivity contribution in [3.8, 4) is 0 Å². The van der Waals surface area contributed by atoms with Gasteiger partial charge in [0.15, 0.2) is 0 Å². The molecule has 1 radical (unpaired) electrons. The van der Waals surface area contributed by atoms with Crippen LogP contribution in [0.5, 0.6) is 0 Å². The SMILES string of the molecule is C1CCCC1.C1CCCC1.[Co+2]. The largest absolute Gasteiger partial charge is 2.00 e. The summed E-state index contributed by atoms with van der Waals surface area (Å²) in [7, 11) is 0. The van der Waals surface area contributed by atoms with Crippen molar-refractivity contribution in [1.29, 1.82) is 0 Å². The molecule has 0 aromatic heterocycles. The van der Waals surface area contributed by atoms with Crippen LogP contribution in [0.15, 0.2) is 0 Å². The summed E-state index contributed by atoms with van der Waals surface area (Å²) in [5.74, 6) is 0. The van der Waals surface area contributed by atoms with Crippen LogP contribution < -0.4 is 0 Å². The summed E-state index contributed by atoms with van der Waals surface area (Å²) in [4.78, 5) is 0. The van der Waals surface area contributed by atoms with Crippen LogP contribution in [0, 0.1) is 0 Å². The molecule has 0 bridgehead atoms. The van der Waals surface area contributed by atoms with Crippen LogP contribution >= 0.6 is 0 Å². The van der Waals surface area contributed by atoms with Crippen molar-refractivity contribution in [3.05, 3.63) is 0 Å². The van der Waals surface area contributed by atoms with Gasteiger partial charge in [0.2, 0.25) is 0 Å². The van der Waals surface area contributed by atoms with Crippen molar-refractivity contribution in [2.45, 2.75) is 64.2 Å². The third-order valence-electron chi connectivity index (χ3n) is 2.50. The Balaban J connectivity index is 0.000000167. The Kier molecular flexibility index (Phi) is 9.00. The molecular formula is C10H20Co+2. The van der Waals surface area contributed by atoms with Gasteiger partial charge < -0.3 is 0 Å². The van der Waals surface area contributed by atoms with Crippen LogP contribution in [0.2, 0.25) is 0 Å². The maximum absolute atomic E-state index is 1.50. The van der Waals surface area contributed by atoms with Crippen molar-refractivity contribution in [2.75, 3.05) is 0 Å². The molecule has 0 N–H and O–H groups in total. The predicted octanol–water partition coefficient (Wildman–Crippen LogP) is 3.90. The molecule has 2 aliphatic carbocycles. The molecule has 0 nitrogen and oxygen atoms in total. The molecule has 2 saturated carbocycles. The fourth-order valence-corrected chi connectivity index (χ4v) is 1.77. The van der Waals surface area contributed by atoms with Crippen LogP contribution in [0.4, 0.5) is 0 Å². The average molecular weight is 199 g/mol. The van der Waals surface area contributed by atoms with E-state index in [9.17, 15) is 0 Å². The molecule has 0 saturated heterocycles. The van der Waals surface area contributed by atoms with Gasteiger partial charge >= 0.3 is 16.8 Å². The van der Waals surface area contributed by atoms with Crippen LogP contribution in [-0.2, 0) is 16.8 Å². The summed E-state index contributed by atoms with van der Waals surface area (Å²) in [6.45, 7) is 0. The van der Waals surface area contributed by atoms with Crippen LogP contribution in [0.25, 0.3) is 0 Å². The van der Waals surface area contributed by atoms with E-state index in [1.807, 2.05) is 0 Å². The van der Waals surface area contributed by atoms with Crippen molar-refractivity contribution in [2.24, 2.45) is 0 Å². The summed E-state index contributed by atoms with van der Waals surface area (Å²) in [5.41, 5.74) is 0. The van der Waals surface area contributed by atoms with E-state index in [1.54, 1.807) is 0 Å². The third kappa shape index (κ3) is 6.89. The van der Waals surface area contributed by atoms with Crippen molar-refractivity contribution < 1.29 is 16.8 Å². The number of rotatable bonds is 0. The topological polar surface area (TPSA) is 0 Å². The van der Waals surface area contributed by atoms with E-state index >= 15 is 0 Å². The van der Waals surface area contributed by atoms with E-state index in [-0.39, 0.29) is 16.8 Å². The second kappa shape index (κ2) is 8.60. The van der Waals surface area contributed by atoms with Crippen molar-refractivity contribution in [1.82, 2.24) is 0 Å². The molecule has 2 fully saturated rings. The summed E-state index contributed by atoms with van der Waals surface area (Å²) < 4.78 is 0. The first-order valence-corrected chi connectivity index (χ1v) is 5.00. The molecule has 2 aliphatic rings. The number of hydrogen-bond acceptors (Lipinski definition) is 0. The molecule has 0 aromatic carbocycles. The van der Waals surface area contributed by atoms with Gasteiger partial charge in [-0.2, -0.15) is 0 Å². The molecular weight excluding hydrogens is 179 g/mol. The van der Waals surface area contributed by atoms with E-state index in [4.69, 9.17) is 0 Å². The normalized spacial score (nSPS) is 21.8. The molecule has 2 rings (SSSR count). The molecule has 0 atom stereocenters. The summed E-state index contributed by atoms with van der Waals surface area (Å²) >= 11 is 0. The molecule has 67 valence electrons. The van der Waals surface area contributed by atoms with Gasteiger partial charge in [-0.3, -0.25) is 0 Å². The zero-order valence-corrected chi connectivity index (χ0v) is 8.45. The first kappa shape index (κ1) is 11.5. The summed E-state index contributed by atoms with van der Waals surface area (Å²) in [5, 5.41) is 0. The Labute approximate surface area is 81.3 Å². The molecule has 0 aromatic rings. The minimum absolute atomic E-state index is 0. The van der Waals surface area contributed by atoms with Crippen molar-refractivity contribution in [3.63, 3.8) is 0 Å². The van der Waals surface area contributed by atoms with Crippen molar-refractivity contribution >= 4 is 0 Å². The second-order valence-corrected chi connectivity index (χ2v) is 3.54. The van der Waals surface area contributed by atoms with Crippen LogP contribution in [-0.4, -0.2) is 0 Å². The predicted molar refractivity (Wildman–Crippen MR) is 46.2 cm³/mol. The fraction of sp³-hybridized carbons (Fsp3) is 1.00. The fourth-order valence-electron chi connectivity index (χ4n) is 1.77. The molecule has 1 heteroatoms. The Bertz CT molecular complexity index is 38.1. The summed E-state index contributed by atoms with van der Waals surface area (Å²) in [6.07, 6.45) is 15.0. The molecule has 0 amide bonds. The van der Waals surface area contributed by atoms with Gasteiger partial charge in [0.1, 0.15) is 0 Å². The monoisotopic (exact) mass is 199 g/mol. The van der Waals surface area contributed by atoms with Crippen LogP contribution in [0.3, 0.4) is 0 Å². The Hall–Kier alpha value is 0.506. The summed E-state index contributed by atoms with van der Waals surface area (Å²) in [6, 6.07) is 0. The average Bonchev–Trinajstić information content (AvgIpc) is 2.67. The minimum Gasteiger partial charge on any atom is -0.0533 e.